The summed E-state index contributed by atoms with van der Waals surface area (Å²) >= 11 is 0. The number of nitrogens with zero attached hydrogens (tertiary/aromatic N) is 4. The Morgan fingerprint density at radius 2 is 1.91 bits per heavy atom. The van der Waals surface area contributed by atoms with E-state index in [9.17, 15) is 8.42 Å². The van der Waals surface area contributed by atoms with E-state index in [0.29, 0.717) is 31.9 Å². The first kappa shape index (κ1) is 21.8. The molecule has 0 atom stereocenters. The lowest BCUT2D eigenvalue weighted by atomic mass is 10.0. The molecule has 2 aromatic carbocycles. The zero-order chi connectivity index (χ0) is 24.0. The van der Waals surface area contributed by atoms with Gasteiger partial charge < -0.3 is 15.0 Å². The van der Waals surface area contributed by atoms with Gasteiger partial charge in [0.1, 0.15) is 18.2 Å². The minimum absolute atomic E-state index is 0.254. The van der Waals surface area contributed by atoms with Crippen molar-refractivity contribution in [2.75, 3.05) is 37.0 Å². The molecule has 0 radical (unpaired) electrons. The number of rotatable bonds is 4. The number of likely N-dealkylation sites (N-methyl/N-ethyl adjacent to an activating group) is 1. The highest BCUT2D eigenvalue weighted by Gasteiger charge is 2.31. The number of fused-ring (bicyclic) bond motifs is 3. The molecule has 2 aromatic heterocycles. The van der Waals surface area contributed by atoms with Crippen LogP contribution in [0.5, 0.6) is 5.75 Å². The molecule has 4 heterocycles. The summed E-state index contributed by atoms with van der Waals surface area (Å²) in [5, 5.41) is 4.43. The summed E-state index contributed by atoms with van der Waals surface area (Å²) in [6.45, 7) is 1.99. The zero-order valence-corrected chi connectivity index (χ0v) is 20.1. The average molecular weight is 488 g/mol. The predicted octanol–water partition coefficient (Wildman–Crippen LogP) is 3.95. The van der Waals surface area contributed by atoms with Gasteiger partial charge in [0.2, 0.25) is 10.0 Å². The van der Waals surface area contributed by atoms with E-state index in [1.165, 1.54) is 4.31 Å². The molecule has 0 saturated heterocycles. The summed E-state index contributed by atoms with van der Waals surface area (Å²) in [7, 11) is -1.69. The van der Waals surface area contributed by atoms with Crippen LogP contribution in [0.15, 0.2) is 71.9 Å². The summed E-state index contributed by atoms with van der Waals surface area (Å²) in [4.78, 5) is 11.4. The molecule has 0 fully saturated rings. The highest BCUT2D eigenvalue weighted by molar-refractivity contribution is 7.89. The molecule has 0 bridgehead atoms. The van der Waals surface area contributed by atoms with E-state index in [4.69, 9.17) is 4.74 Å². The van der Waals surface area contributed by atoms with Gasteiger partial charge in [0, 0.05) is 43.4 Å². The van der Waals surface area contributed by atoms with Crippen LogP contribution in [0.4, 0.5) is 17.2 Å². The van der Waals surface area contributed by atoms with Crippen molar-refractivity contribution in [1.82, 2.24) is 14.3 Å². The highest BCUT2D eigenvalue weighted by Crippen LogP contribution is 2.35. The fourth-order valence-electron chi connectivity index (χ4n) is 4.70. The lowest BCUT2D eigenvalue weighted by Crippen LogP contribution is -2.36. The van der Waals surface area contributed by atoms with Crippen LogP contribution in [0.3, 0.4) is 0 Å². The molecule has 8 nitrogen and oxygen atoms in total. The number of aromatic nitrogens is 2. The minimum Gasteiger partial charge on any atom is -0.490 e. The molecule has 0 amide bonds. The maximum absolute atomic E-state index is 13.5. The molecule has 1 N–H and O–H groups in total. The van der Waals surface area contributed by atoms with Crippen molar-refractivity contribution >= 4 is 38.1 Å². The number of anilines is 3. The van der Waals surface area contributed by atoms with Crippen molar-refractivity contribution < 1.29 is 13.2 Å². The van der Waals surface area contributed by atoms with E-state index in [0.717, 1.165) is 45.8 Å². The minimum atomic E-state index is -3.67. The number of hydrogen-bond donors (Lipinski definition) is 1. The number of nitrogens with one attached hydrogen (secondary N) is 1. The molecule has 0 aliphatic carbocycles. The van der Waals surface area contributed by atoms with Crippen molar-refractivity contribution in [3.05, 3.63) is 78.1 Å². The van der Waals surface area contributed by atoms with E-state index >= 15 is 0 Å². The average Bonchev–Trinajstić information content (AvgIpc) is 2.88. The first-order valence-electron chi connectivity index (χ1n) is 11.6. The zero-order valence-electron chi connectivity index (χ0n) is 19.3. The van der Waals surface area contributed by atoms with Gasteiger partial charge in [0.05, 0.1) is 34.5 Å². The van der Waals surface area contributed by atoms with Gasteiger partial charge in [-0.2, -0.15) is 4.31 Å². The Hall–Kier alpha value is -3.69. The molecule has 178 valence electrons. The van der Waals surface area contributed by atoms with Crippen LogP contribution in [0.25, 0.3) is 10.9 Å². The van der Waals surface area contributed by atoms with Gasteiger partial charge >= 0.3 is 0 Å². The Bertz CT molecular complexity index is 1540. The first-order chi connectivity index (χ1) is 17.0. The number of ether oxygens (including phenoxy) is 1. The van der Waals surface area contributed by atoms with E-state index in [-0.39, 0.29) is 4.90 Å². The monoisotopic (exact) mass is 487 g/mol. The summed E-state index contributed by atoms with van der Waals surface area (Å²) in [5.41, 5.74) is 4.66. The van der Waals surface area contributed by atoms with Crippen molar-refractivity contribution in [3.8, 4) is 5.75 Å². The highest BCUT2D eigenvalue weighted by atomic mass is 32.2. The Morgan fingerprint density at radius 1 is 1.03 bits per heavy atom. The molecule has 6 rings (SSSR count). The largest absolute Gasteiger partial charge is 0.490 e. The van der Waals surface area contributed by atoms with E-state index in [1.807, 2.05) is 49.5 Å². The van der Waals surface area contributed by atoms with Crippen LogP contribution in [-0.2, 0) is 23.0 Å². The molecule has 0 saturated carbocycles. The first-order valence-corrected chi connectivity index (χ1v) is 13.0. The molecular weight excluding hydrogens is 462 g/mol. The number of sulfonamides is 1. The number of pyridine rings is 2. The van der Waals surface area contributed by atoms with Gasteiger partial charge in [-0.15, -0.1) is 0 Å². The van der Waals surface area contributed by atoms with Crippen molar-refractivity contribution in [1.29, 1.82) is 0 Å². The molecule has 2 aliphatic rings. The standard InChI is InChI=1S/C26H25N5O3S/c1-30-12-13-34-25-15-21(6-7-24(25)30)35(32,33)31-11-9-22-19(17-31)8-10-27-26(22)29-20-14-18-4-2-3-5-23(18)28-16-20/h2-8,10,14-16H,9,11-13,17H2,1H3,(H,27,29). The lowest BCUT2D eigenvalue weighted by molar-refractivity contribution is 0.310. The third-order valence-electron chi connectivity index (χ3n) is 6.63. The van der Waals surface area contributed by atoms with Gasteiger partial charge in [-0.05, 0) is 42.3 Å². The number of para-hydroxylation sites is 1. The van der Waals surface area contributed by atoms with Crippen molar-refractivity contribution in [2.45, 2.75) is 17.9 Å². The fraction of sp³-hybridized carbons (Fsp3) is 0.231. The third-order valence-corrected chi connectivity index (χ3v) is 8.47. The quantitative estimate of drug-likeness (QED) is 0.466. The second-order valence-corrected chi connectivity index (χ2v) is 10.8. The lowest BCUT2D eigenvalue weighted by Gasteiger charge is -2.30. The number of hydrogen-bond acceptors (Lipinski definition) is 7. The maximum Gasteiger partial charge on any atom is 0.243 e. The van der Waals surface area contributed by atoms with Crippen LogP contribution < -0.4 is 15.0 Å². The summed E-state index contributed by atoms with van der Waals surface area (Å²) in [5.74, 6) is 1.35. The van der Waals surface area contributed by atoms with Gasteiger partial charge in [-0.3, -0.25) is 4.98 Å². The van der Waals surface area contributed by atoms with Crippen LogP contribution in [0.1, 0.15) is 11.1 Å². The van der Waals surface area contributed by atoms with E-state index in [2.05, 4.69) is 20.2 Å². The van der Waals surface area contributed by atoms with Gasteiger partial charge in [-0.1, -0.05) is 18.2 Å². The summed E-state index contributed by atoms with van der Waals surface area (Å²) < 4.78 is 34.2. The second kappa shape index (κ2) is 8.51. The SMILES string of the molecule is CN1CCOc2cc(S(=O)(=O)N3CCc4c(ccnc4Nc4cnc5ccccc5c4)C3)ccc21. The molecule has 2 aliphatic heterocycles. The molecular formula is C26H25N5O3S. The van der Waals surface area contributed by atoms with Crippen LogP contribution >= 0.6 is 0 Å². The Morgan fingerprint density at radius 3 is 2.83 bits per heavy atom. The van der Waals surface area contributed by atoms with Crippen LogP contribution in [0.2, 0.25) is 0 Å². The fourth-order valence-corrected chi connectivity index (χ4v) is 6.14. The molecule has 4 aromatic rings. The molecule has 9 heteroatoms. The van der Waals surface area contributed by atoms with E-state index < -0.39 is 10.0 Å². The Balaban J connectivity index is 1.26. The van der Waals surface area contributed by atoms with Gasteiger partial charge in [0.15, 0.2) is 0 Å². The smallest absolute Gasteiger partial charge is 0.243 e. The van der Waals surface area contributed by atoms with E-state index in [1.54, 1.807) is 24.5 Å². The van der Waals surface area contributed by atoms with Gasteiger partial charge in [-0.25, -0.2) is 13.4 Å². The van der Waals surface area contributed by atoms with Gasteiger partial charge in [0.25, 0.3) is 0 Å². The molecule has 0 spiro atoms. The van der Waals surface area contributed by atoms with Crippen molar-refractivity contribution in [3.63, 3.8) is 0 Å². The third kappa shape index (κ3) is 3.96. The molecule has 0 unspecified atom stereocenters. The maximum atomic E-state index is 13.5. The van der Waals surface area contributed by atoms with Crippen molar-refractivity contribution in [2.24, 2.45) is 0 Å². The number of benzene rings is 2. The Labute approximate surface area is 204 Å². The summed E-state index contributed by atoms with van der Waals surface area (Å²) in [6, 6.07) is 17.0. The normalized spacial score (nSPS) is 15.9. The van der Waals surface area contributed by atoms with Crippen LogP contribution in [0, 0.1) is 0 Å². The predicted molar refractivity (Wildman–Crippen MR) is 136 cm³/mol. The topological polar surface area (TPSA) is 87.7 Å². The second-order valence-electron chi connectivity index (χ2n) is 8.83. The molecule has 35 heavy (non-hydrogen) atoms. The Kier molecular flexibility index (Phi) is 5.31. The summed E-state index contributed by atoms with van der Waals surface area (Å²) in [6.07, 6.45) is 4.07. The van der Waals surface area contributed by atoms with Crippen LogP contribution in [-0.4, -0.2) is 49.4 Å².